The monoisotopic (exact) mass is 284 g/mol. The molecule has 1 aromatic carbocycles. The van der Waals surface area contributed by atoms with E-state index in [0.29, 0.717) is 0 Å². The summed E-state index contributed by atoms with van der Waals surface area (Å²) in [7, 11) is -2.08. The highest BCUT2D eigenvalue weighted by Crippen LogP contribution is 2.63. The number of carbonyl (C=O) groups is 1. The Morgan fingerprint density at radius 3 is 2.37 bits per heavy atom. The number of aliphatic carboxylic acids is 1. The van der Waals surface area contributed by atoms with E-state index in [1.54, 1.807) is 30.3 Å². The fraction of sp³-hybridized carbons (Fsp3) is 0.462. The van der Waals surface area contributed by atoms with E-state index in [2.05, 4.69) is 0 Å². The maximum atomic E-state index is 11.9. The average molecular weight is 284 g/mol. The number of sulfone groups is 1. The third kappa shape index (κ3) is 2.15. The van der Waals surface area contributed by atoms with Gasteiger partial charge >= 0.3 is 5.97 Å². The normalized spacial score (nSPS) is 30.0. The summed E-state index contributed by atoms with van der Waals surface area (Å²) in [6.07, 6.45) is 1.08. The molecule has 3 atom stereocenters. The summed E-state index contributed by atoms with van der Waals surface area (Å²) in [4.78, 5) is 11.6. The van der Waals surface area contributed by atoms with Gasteiger partial charge in [-0.25, -0.2) is 8.42 Å². The van der Waals surface area contributed by atoms with Crippen LogP contribution in [0.25, 0.3) is 0 Å². The first-order valence-electron chi connectivity index (χ1n) is 5.82. The van der Waals surface area contributed by atoms with E-state index < -0.39 is 32.4 Å². The zero-order valence-corrected chi connectivity index (χ0v) is 11.6. The topological polar surface area (TPSA) is 80.7 Å². The predicted molar refractivity (Wildman–Crippen MR) is 69.8 cm³/mol. The molecule has 104 valence electrons. The van der Waals surface area contributed by atoms with Gasteiger partial charge in [0.2, 0.25) is 0 Å². The SMILES string of the molecule is COC[C@]1(C(=O)O)[C@@H](c2ccccc2)[C@@H]1S(C)(=O)=O. The van der Waals surface area contributed by atoms with Gasteiger partial charge in [-0.05, 0) is 5.56 Å². The first kappa shape index (κ1) is 14.0. The number of ether oxygens (including phenoxy) is 1. The highest BCUT2D eigenvalue weighted by molar-refractivity contribution is 7.91. The van der Waals surface area contributed by atoms with Crippen LogP contribution in [0.3, 0.4) is 0 Å². The van der Waals surface area contributed by atoms with Crippen molar-refractivity contribution in [3.8, 4) is 0 Å². The van der Waals surface area contributed by atoms with Gasteiger partial charge < -0.3 is 9.84 Å². The second-order valence-electron chi connectivity index (χ2n) is 4.92. The first-order valence-corrected chi connectivity index (χ1v) is 7.77. The number of hydrogen-bond donors (Lipinski definition) is 1. The zero-order valence-electron chi connectivity index (χ0n) is 10.7. The van der Waals surface area contributed by atoms with Crippen LogP contribution in [0.15, 0.2) is 30.3 Å². The molecule has 0 bridgehead atoms. The molecular weight excluding hydrogens is 268 g/mol. The minimum Gasteiger partial charge on any atom is -0.481 e. The lowest BCUT2D eigenvalue weighted by Crippen LogP contribution is -2.28. The quantitative estimate of drug-likeness (QED) is 0.869. The van der Waals surface area contributed by atoms with E-state index in [0.717, 1.165) is 11.8 Å². The highest BCUT2D eigenvalue weighted by atomic mass is 32.2. The van der Waals surface area contributed by atoms with Crippen LogP contribution in [-0.2, 0) is 19.4 Å². The average Bonchev–Trinajstić information content (AvgIpc) is 3.01. The van der Waals surface area contributed by atoms with Crippen molar-refractivity contribution in [1.29, 1.82) is 0 Å². The van der Waals surface area contributed by atoms with Crippen LogP contribution in [-0.4, -0.2) is 44.7 Å². The summed E-state index contributed by atoms with van der Waals surface area (Å²) in [5.74, 6) is -1.68. The zero-order chi connectivity index (χ0) is 14.3. The lowest BCUT2D eigenvalue weighted by atomic mass is 10.0. The van der Waals surface area contributed by atoms with Gasteiger partial charge in [-0.1, -0.05) is 30.3 Å². The summed E-state index contributed by atoms with van der Waals surface area (Å²) in [6.45, 7) is -0.111. The Labute approximate surface area is 112 Å². The first-order chi connectivity index (χ1) is 8.85. The van der Waals surface area contributed by atoms with Crippen molar-refractivity contribution in [3.63, 3.8) is 0 Å². The lowest BCUT2D eigenvalue weighted by Gasteiger charge is -2.11. The Morgan fingerprint density at radius 2 is 1.95 bits per heavy atom. The Morgan fingerprint density at radius 1 is 1.37 bits per heavy atom. The number of carboxylic acids is 1. The van der Waals surface area contributed by atoms with E-state index in [1.165, 1.54) is 7.11 Å². The fourth-order valence-electron chi connectivity index (χ4n) is 2.89. The molecule has 0 unspecified atom stereocenters. The van der Waals surface area contributed by atoms with E-state index in [4.69, 9.17) is 4.74 Å². The van der Waals surface area contributed by atoms with Crippen LogP contribution < -0.4 is 0 Å². The van der Waals surface area contributed by atoms with Gasteiger partial charge in [0.05, 0.1) is 11.9 Å². The van der Waals surface area contributed by atoms with Gasteiger partial charge in [-0.15, -0.1) is 0 Å². The number of methoxy groups -OCH3 is 1. The summed E-state index contributed by atoms with van der Waals surface area (Å²) in [5, 5.41) is 8.53. The standard InChI is InChI=1S/C13H16O5S/c1-18-8-13(12(14)15)10(11(13)19(2,16)17)9-6-4-3-5-7-9/h3-7,10-11H,8H2,1-2H3,(H,14,15)/t10-,11-,13-/m0/s1. The Hall–Kier alpha value is -1.40. The molecule has 1 aromatic rings. The molecule has 1 saturated carbocycles. The Bertz CT molecular complexity index is 580. The van der Waals surface area contributed by atoms with Gasteiger partial charge in [0.25, 0.3) is 0 Å². The number of rotatable bonds is 5. The van der Waals surface area contributed by atoms with E-state index in [-0.39, 0.29) is 6.61 Å². The van der Waals surface area contributed by atoms with Crippen molar-refractivity contribution in [3.05, 3.63) is 35.9 Å². The number of hydrogen-bond acceptors (Lipinski definition) is 4. The van der Waals surface area contributed by atoms with Gasteiger partial charge in [0, 0.05) is 19.3 Å². The van der Waals surface area contributed by atoms with Crippen LogP contribution >= 0.6 is 0 Å². The van der Waals surface area contributed by atoms with E-state index >= 15 is 0 Å². The smallest absolute Gasteiger partial charge is 0.314 e. The van der Waals surface area contributed by atoms with Crippen LogP contribution in [0.1, 0.15) is 11.5 Å². The lowest BCUT2D eigenvalue weighted by molar-refractivity contribution is -0.145. The van der Waals surface area contributed by atoms with Crippen molar-refractivity contribution in [2.24, 2.45) is 5.41 Å². The minimum absolute atomic E-state index is 0.111. The second-order valence-corrected chi connectivity index (χ2v) is 7.08. The molecule has 0 amide bonds. The maximum Gasteiger partial charge on any atom is 0.314 e. The van der Waals surface area contributed by atoms with Crippen LogP contribution in [0.5, 0.6) is 0 Å². The molecule has 0 heterocycles. The minimum atomic E-state index is -3.46. The summed E-state index contributed by atoms with van der Waals surface area (Å²) in [6, 6.07) is 8.85. The molecule has 0 spiro atoms. The Kier molecular flexibility index (Phi) is 3.40. The van der Waals surface area contributed by atoms with E-state index in [9.17, 15) is 18.3 Å². The molecule has 5 nitrogen and oxygen atoms in total. The van der Waals surface area contributed by atoms with Crippen molar-refractivity contribution >= 4 is 15.8 Å². The largest absolute Gasteiger partial charge is 0.481 e. The maximum absolute atomic E-state index is 11.9. The molecule has 1 N–H and O–H groups in total. The molecule has 1 aliphatic carbocycles. The molecule has 1 aliphatic rings. The molecule has 0 aromatic heterocycles. The van der Waals surface area contributed by atoms with Crippen LogP contribution in [0.4, 0.5) is 0 Å². The molecule has 0 saturated heterocycles. The third-order valence-corrected chi connectivity index (χ3v) is 5.27. The fourth-order valence-corrected chi connectivity index (χ4v) is 4.79. The van der Waals surface area contributed by atoms with Crippen molar-refractivity contribution in [2.75, 3.05) is 20.0 Å². The van der Waals surface area contributed by atoms with Gasteiger partial charge in [0.15, 0.2) is 9.84 Å². The molecule has 19 heavy (non-hydrogen) atoms. The molecule has 2 rings (SSSR count). The second kappa shape index (κ2) is 4.61. The molecular formula is C13H16O5S. The van der Waals surface area contributed by atoms with Crippen molar-refractivity contribution < 1.29 is 23.1 Å². The van der Waals surface area contributed by atoms with E-state index in [1.807, 2.05) is 0 Å². The summed E-state index contributed by atoms with van der Waals surface area (Å²) in [5.41, 5.74) is -0.652. The van der Waals surface area contributed by atoms with Crippen LogP contribution in [0, 0.1) is 5.41 Å². The van der Waals surface area contributed by atoms with Crippen molar-refractivity contribution in [2.45, 2.75) is 11.2 Å². The van der Waals surface area contributed by atoms with Gasteiger partial charge in [-0.3, -0.25) is 4.79 Å². The Balaban J connectivity index is 2.50. The molecule has 1 fully saturated rings. The number of benzene rings is 1. The number of carboxylic acid groups (broad SMARTS) is 1. The van der Waals surface area contributed by atoms with Crippen LogP contribution in [0.2, 0.25) is 0 Å². The summed E-state index contributed by atoms with van der Waals surface area (Å²) >= 11 is 0. The molecule has 0 aliphatic heterocycles. The predicted octanol–water partition coefficient (Wildman–Crippen LogP) is 0.914. The van der Waals surface area contributed by atoms with Gasteiger partial charge in [0.1, 0.15) is 5.41 Å². The van der Waals surface area contributed by atoms with Crippen molar-refractivity contribution in [1.82, 2.24) is 0 Å². The molecule has 0 radical (unpaired) electrons. The van der Waals surface area contributed by atoms with Gasteiger partial charge in [-0.2, -0.15) is 0 Å². The highest BCUT2D eigenvalue weighted by Gasteiger charge is 2.74. The molecule has 6 heteroatoms. The third-order valence-electron chi connectivity index (χ3n) is 3.66. The summed E-state index contributed by atoms with van der Waals surface area (Å²) < 4.78 is 28.7.